The number of amides is 1. The normalized spacial score (nSPS) is 20.0. The molecule has 0 spiro atoms. The fourth-order valence-electron chi connectivity index (χ4n) is 1.77. The van der Waals surface area contributed by atoms with Gasteiger partial charge in [-0.05, 0) is 36.2 Å². The van der Waals surface area contributed by atoms with E-state index in [4.69, 9.17) is 0 Å². The summed E-state index contributed by atoms with van der Waals surface area (Å²) < 4.78 is 0. The molecule has 1 aliphatic rings. The van der Waals surface area contributed by atoms with Crippen molar-refractivity contribution in [1.82, 2.24) is 5.32 Å². The Labute approximate surface area is 109 Å². The topological polar surface area (TPSA) is 49.3 Å². The van der Waals surface area contributed by atoms with Crippen molar-refractivity contribution < 1.29 is 9.90 Å². The van der Waals surface area contributed by atoms with Crippen LogP contribution in [-0.4, -0.2) is 34.7 Å². The van der Waals surface area contributed by atoms with Crippen molar-refractivity contribution in [3.8, 4) is 0 Å². The maximum atomic E-state index is 11.6. The van der Waals surface area contributed by atoms with Gasteiger partial charge in [-0.15, -0.1) is 0 Å². The summed E-state index contributed by atoms with van der Waals surface area (Å²) in [6.07, 6.45) is 3.01. The summed E-state index contributed by atoms with van der Waals surface area (Å²) in [4.78, 5) is 11.6. The van der Waals surface area contributed by atoms with Crippen molar-refractivity contribution in [3.05, 3.63) is 0 Å². The summed E-state index contributed by atoms with van der Waals surface area (Å²) in [5.41, 5.74) is -0.474. The van der Waals surface area contributed by atoms with Crippen molar-refractivity contribution >= 4 is 17.7 Å². The molecule has 2 N–H and O–H groups in total. The van der Waals surface area contributed by atoms with Gasteiger partial charge >= 0.3 is 0 Å². The lowest BCUT2D eigenvalue weighted by Gasteiger charge is -2.31. The summed E-state index contributed by atoms with van der Waals surface area (Å²) in [5.74, 6) is 2.05. The van der Waals surface area contributed by atoms with Crippen LogP contribution in [0.25, 0.3) is 0 Å². The highest BCUT2D eigenvalue weighted by atomic mass is 32.2. The lowest BCUT2D eigenvalue weighted by Crippen LogP contribution is -2.45. The minimum absolute atomic E-state index is 0.0616. The second kappa shape index (κ2) is 6.10. The third-order valence-corrected chi connectivity index (χ3v) is 4.13. The fourth-order valence-corrected chi connectivity index (χ4v) is 3.02. The van der Waals surface area contributed by atoms with Crippen molar-refractivity contribution in [2.75, 3.05) is 18.1 Å². The number of carbonyl (C=O) groups is 1. The maximum Gasteiger partial charge on any atom is 0.220 e. The van der Waals surface area contributed by atoms with Gasteiger partial charge in [0.25, 0.3) is 0 Å². The maximum absolute atomic E-state index is 11.6. The predicted octanol–water partition coefficient (Wildman–Crippen LogP) is 2.19. The van der Waals surface area contributed by atoms with Crippen LogP contribution in [0.1, 0.15) is 46.5 Å². The fraction of sp³-hybridized carbons (Fsp3) is 0.923. The Bertz CT molecular complexity index is 255. The average molecular weight is 259 g/mol. The third-order valence-electron chi connectivity index (χ3n) is 3.14. The van der Waals surface area contributed by atoms with Crippen LogP contribution < -0.4 is 5.32 Å². The van der Waals surface area contributed by atoms with E-state index in [9.17, 15) is 9.90 Å². The first-order chi connectivity index (χ1) is 7.81. The van der Waals surface area contributed by atoms with Crippen LogP contribution in [0.3, 0.4) is 0 Å². The van der Waals surface area contributed by atoms with E-state index >= 15 is 0 Å². The molecule has 17 heavy (non-hydrogen) atoms. The molecule has 100 valence electrons. The lowest BCUT2D eigenvalue weighted by molar-refractivity contribution is -0.123. The summed E-state index contributed by atoms with van der Waals surface area (Å²) >= 11 is 1.87. The monoisotopic (exact) mass is 259 g/mol. The molecular weight excluding hydrogens is 234 g/mol. The minimum Gasteiger partial charge on any atom is -0.388 e. The van der Waals surface area contributed by atoms with E-state index in [0.717, 1.165) is 30.8 Å². The Morgan fingerprint density at radius 1 is 1.35 bits per heavy atom. The highest BCUT2D eigenvalue weighted by molar-refractivity contribution is 7.99. The molecule has 1 fully saturated rings. The standard InChI is InChI=1S/C13H25NO2S/c1-12(2,3)5-4-11(15)14-10-13(16)6-8-17-9-7-13/h16H,4-10H2,1-3H3,(H,14,15). The molecule has 0 bridgehead atoms. The van der Waals surface area contributed by atoms with Gasteiger partial charge in [0.1, 0.15) is 0 Å². The quantitative estimate of drug-likeness (QED) is 0.813. The molecule has 1 aliphatic heterocycles. The molecule has 0 radical (unpaired) electrons. The summed E-state index contributed by atoms with van der Waals surface area (Å²) in [7, 11) is 0. The molecule has 1 saturated heterocycles. The number of thioether (sulfide) groups is 1. The molecule has 0 saturated carbocycles. The van der Waals surface area contributed by atoms with Crippen molar-refractivity contribution in [3.63, 3.8) is 0 Å². The van der Waals surface area contributed by atoms with Crippen molar-refractivity contribution in [2.45, 2.75) is 52.1 Å². The zero-order chi connectivity index (χ0) is 12.9. The van der Waals surface area contributed by atoms with Gasteiger partial charge in [-0.25, -0.2) is 0 Å². The van der Waals surface area contributed by atoms with E-state index in [-0.39, 0.29) is 11.3 Å². The van der Waals surface area contributed by atoms with Crippen LogP contribution in [0.4, 0.5) is 0 Å². The van der Waals surface area contributed by atoms with Gasteiger partial charge in [-0.1, -0.05) is 20.8 Å². The first-order valence-corrected chi connectivity index (χ1v) is 7.53. The smallest absolute Gasteiger partial charge is 0.220 e. The Balaban J connectivity index is 2.23. The molecule has 0 aliphatic carbocycles. The summed E-state index contributed by atoms with van der Waals surface area (Å²) in [5, 5.41) is 13.1. The Morgan fingerprint density at radius 3 is 2.47 bits per heavy atom. The van der Waals surface area contributed by atoms with Crippen LogP contribution in [0.5, 0.6) is 0 Å². The van der Waals surface area contributed by atoms with E-state index in [1.165, 1.54) is 0 Å². The van der Waals surface area contributed by atoms with E-state index < -0.39 is 5.60 Å². The Kier molecular flexibility index (Phi) is 5.32. The molecule has 1 rings (SSSR count). The minimum atomic E-state index is -0.664. The summed E-state index contributed by atoms with van der Waals surface area (Å²) in [6.45, 7) is 6.81. The molecule has 4 heteroatoms. The SMILES string of the molecule is CC(C)(C)CCC(=O)NCC1(O)CCSCC1. The molecule has 1 amide bonds. The van der Waals surface area contributed by atoms with Crippen molar-refractivity contribution in [1.29, 1.82) is 0 Å². The number of hydrogen-bond donors (Lipinski definition) is 2. The second-order valence-electron chi connectivity index (χ2n) is 6.17. The number of aliphatic hydroxyl groups is 1. The van der Waals surface area contributed by atoms with Crippen LogP contribution in [0, 0.1) is 5.41 Å². The summed E-state index contributed by atoms with van der Waals surface area (Å²) in [6, 6.07) is 0. The molecule has 3 nitrogen and oxygen atoms in total. The second-order valence-corrected chi connectivity index (χ2v) is 7.40. The van der Waals surface area contributed by atoms with Crippen LogP contribution in [-0.2, 0) is 4.79 Å². The number of nitrogens with one attached hydrogen (secondary N) is 1. The molecule has 0 unspecified atom stereocenters. The van der Waals surface area contributed by atoms with Gasteiger partial charge in [0.15, 0.2) is 0 Å². The van der Waals surface area contributed by atoms with E-state index in [1.807, 2.05) is 11.8 Å². The Hall–Kier alpha value is -0.220. The average Bonchev–Trinajstić information content (AvgIpc) is 2.24. The molecule has 0 atom stereocenters. The van der Waals surface area contributed by atoms with Crippen LogP contribution >= 0.6 is 11.8 Å². The molecular formula is C13H25NO2S. The van der Waals surface area contributed by atoms with E-state index in [0.29, 0.717) is 13.0 Å². The van der Waals surface area contributed by atoms with Gasteiger partial charge in [0.2, 0.25) is 5.91 Å². The molecule has 0 aromatic rings. The van der Waals surface area contributed by atoms with E-state index in [2.05, 4.69) is 26.1 Å². The highest BCUT2D eigenvalue weighted by Crippen LogP contribution is 2.26. The molecule has 0 aromatic carbocycles. The highest BCUT2D eigenvalue weighted by Gasteiger charge is 2.29. The molecule has 1 heterocycles. The lowest BCUT2D eigenvalue weighted by atomic mass is 9.90. The molecule has 0 aromatic heterocycles. The number of hydrogen-bond acceptors (Lipinski definition) is 3. The van der Waals surface area contributed by atoms with Crippen LogP contribution in [0.2, 0.25) is 0 Å². The van der Waals surface area contributed by atoms with Gasteiger partial charge in [-0.2, -0.15) is 11.8 Å². The zero-order valence-electron chi connectivity index (χ0n) is 11.2. The van der Waals surface area contributed by atoms with Gasteiger partial charge in [-0.3, -0.25) is 4.79 Å². The largest absolute Gasteiger partial charge is 0.388 e. The van der Waals surface area contributed by atoms with Gasteiger partial charge in [0.05, 0.1) is 5.60 Å². The van der Waals surface area contributed by atoms with Crippen LogP contribution in [0.15, 0.2) is 0 Å². The predicted molar refractivity (Wildman–Crippen MR) is 73.2 cm³/mol. The first kappa shape index (κ1) is 14.8. The number of carbonyl (C=O) groups excluding carboxylic acids is 1. The van der Waals surface area contributed by atoms with Gasteiger partial charge < -0.3 is 10.4 Å². The Morgan fingerprint density at radius 2 is 1.94 bits per heavy atom. The third kappa shape index (κ3) is 6.32. The van der Waals surface area contributed by atoms with E-state index in [1.54, 1.807) is 0 Å². The van der Waals surface area contributed by atoms with Gasteiger partial charge in [0, 0.05) is 13.0 Å². The van der Waals surface area contributed by atoms with Crippen molar-refractivity contribution in [2.24, 2.45) is 5.41 Å². The number of rotatable bonds is 4. The first-order valence-electron chi connectivity index (χ1n) is 6.38. The zero-order valence-corrected chi connectivity index (χ0v) is 12.0.